The van der Waals surface area contributed by atoms with E-state index in [9.17, 15) is 9.59 Å². The van der Waals surface area contributed by atoms with E-state index in [0.29, 0.717) is 34.9 Å². The molecule has 29 heavy (non-hydrogen) atoms. The highest BCUT2D eigenvalue weighted by molar-refractivity contribution is 5.95. The summed E-state index contributed by atoms with van der Waals surface area (Å²) in [7, 11) is 0. The molecule has 0 radical (unpaired) electrons. The summed E-state index contributed by atoms with van der Waals surface area (Å²) in [6, 6.07) is 21.7. The molecule has 0 aliphatic rings. The summed E-state index contributed by atoms with van der Waals surface area (Å²) in [5.74, 6) is 0.508. The number of aldehydes is 1. The molecule has 3 aromatic carbocycles. The molecule has 5 nitrogen and oxygen atoms in total. The Labute approximate surface area is 170 Å². The van der Waals surface area contributed by atoms with Gasteiger partial charge in [0.1, 0.15) is 6.29 Å². The average molecular weight is 389 g/mol. The average Bonchev–Trinajstić information content (AvgIpc) is 2.75. The Kier molecular flexibility index (Phi) is 6.63. The lowest BCUT2D eigenvalue weighted by molar-refractivity contribution is -0.123. The second-order valence-electron chi connectivity index (χ2n) is 6.52. The first kappa shape index (κ1) is 20.1. The quantitative estimate of drug-likeness (QED) is 0.553. The molecule has 148 valence electrons. The maximum Gasteiger partial charge on any atom is 0.270 e. The number of carbonyl (C=O) groups is 2. The van der Waals surface area contributed by atoms with Crippen LogP contribution in [0.2, 0.25) is 0 Å². The number of hydrogen-bond donors (Lipinski definition) is 1. The van der Waals surface area contributed by atoms with Gasteiger partial charge in [-0.25, -0.2) is 0 Å². The first-order valence-electron chi connectivity index (χ1n) is 9.42. The molecule has 0 saturated heterocycles. The molecule has 3 rings (SSSR count). The Morgan fingerprint density at radius 2 is 1.72 bits per heavy atom. The van der Waals surface area contributed by atoms with Crippen LogP contribution in [0.5, 0.6) is 11.5 Å². The molecule has 3 aromatic rings. The van der Waals surface area contributed by atoms with Crippen LogP contribution in [-0.4, -0.2) is 18.8 Å². The number of carbonyl (C=O) groups excluding carboxylic acids is 2. The summed E-state index contributed by atoms with van der Waals surface area (Å²) in [5.41, 5.74) is 2.97. The Bertz CT molecular complexity index is 968. The molecular weight excluding hydrogens is 366 g/mol. The highest BCUT2D eigenvalue weighted by Gasteiger charge is 2.24. The number of benzene rings is 3. The highest BCUT2D eigenvalue weighted by atomic mass is 16.5. The van der Waals surface area contributed by atoms with Crippen LogP contribution in [0.3, 0.4) is 0 Å². The first-order valence-corrected chi connectivity index (χ1v) is 9.42. The number of ether oxygens (including phenoxy) is 2. The molecule has 0 heterocycles. The molecule has 0 bridgehead atoms. The standard InChI is InChI=1S/C24H23NO4/c1-3-28-22-15-18(16-26)11-14-21(22)29-23(19-7-5-4-6-8-19)24(27)25-20-12-9-17(2)10-13-20/h4-16,23H,3H2,1-2H3,(H,25,27)/t23-/m1/s1. The first-order chi connectivity index (χ1) is 14.1. The van der Waals surface area contributed by atoms with Crippen LogP contribution in [-0.2, 0) is 4.79 Å². The SMILES string of the molecule is CCOc1cc(C=O)ccc1O[C@@H](C(=O)Nc1ccc(C)cc1)c1ccccc1. The van der Waals surface area contributed by atoms with Crippen LogP contribution in [0.15, 0.2) is 72.8 Å². The summed E-state index contributed by atoms with van der Waals surface area (Å²) in [6.07, 6.45) is -0.149. The lowest BCUT2D eigenvalue weighted by Gasteiger charge is -2.21. The van der Waals surface area contributed by atoms with E-state index in [-0.39, 0.29) is 5.91 Å². The van der Waals surface area contributed by atoms with Crippen LogP contribution in [0, 0.1) is 6.92 Å². The van der Waals surface area contributed by atoms with Gasteiger partial charge in [-0.15, -0.1) is 0 Å². The van der Waals surface area contributed by atoms with Crippen LogP contribution in [0.1, 0.15) is 34.5 Å². The molecule has 5 heteroatoms. The minimum absolute atomic E-state index is 0.304. The van der Waals surface area contributed by atoms with Gasteiger partial charge in [0.15, 0.2) is 11.5 Å². The van der Waals surface area contributed by atoms with Crippen molar-refractivity contribution in [3.05, 3.63) is 89.5 Å². The van der Waals surface area contributed by atoms with E-state index in [1.54, 1.807) is 18.2 Å². The Morgan fingerprint density at radius 3 is 2.38 bits per heavy atom. The zero-order chi connectivity index (χ0) is 20.6. The third-order valence-electron chi connectivity index (χ3n) is 4.31. The maximum absolute atomic E-state index is 13.1. The van der Waals surface area contributed by atoms with E-state index in [1.165, 1.54) is 0 Å². The molecule has 0 aliphatic heterocycles. The summed E-state index contributed by atoms with van der Waals surface area (Å²) in [4.78, 5) is 24.2. The van der Waals surface area contributed by atoms with Crippen molar-refractivity contribution in [1.82, 2.24) is 0 Å². The van der Waals surface area contributed by atoms with E-state index in [2.05, 4.69) is 5.32 Å². The Morgan fingerprint density at radius 1 is 1.00 bits per heavy atom. The van der Waals surface area contributed by atoms with Crippen molar-refractivity contribution in [1.29, 1.82) is 0 Å². The molecule has 0 fully saturated rings. The lowest BCUT2D eigenvalue weighted by atomic mass is 10.1. The van der Waals surface area contributed by atoms with Crippen molar-refractivity contribution in [3.8, 4) is 11.5 Å². The maximum atomic E-state index is 13.1. The van der Waals surface area contributed by atoms with Crippen molar-refractivity contribution in [3.63, 3.8) is 0 Å². The number of nitrogens with one attached hydrogen (secondary N) is 1. The Balaban J connectivity index is 1.91. The van der Waals surface area contributed by atoms with E-state index in [4.69, 9.17) is 9.47 Å². The number of aryl methyl sites for hydroxylation is 1. The fraction of sp³-hybridized carbons (Fsp3) is 0.167. The number of amides is 1. The molecule has 1 N–H and O–H groups in total. The third-order valence-corrected chi connectivity index (χ3v) is 4.31. The predicted molar refractivity (Wildman–Crippen MR) is 113 cm³/mol. The van der Waals surface area contributed by atoms with Crippen molar-refractivity contribution < 1.29 is 19.1 Å². The van der Waals surface area contributed by atoms with E-state index >= 15 is 0 Å². The normalized spacial score (nSPS) is 11.4. The van der Waals surface area contributed by atoms with E-state index in [1.807, 2.05) is 68.4 Å². The van der Waals surface area contributed by atoms with Gasteiger partial charge in [0, 0.05) is 16.8 Å². The molecule has 0 spiro atoms. The molecule has 0 aromatic heterocycles. The summed E-state index contributed by atoms with van der Waals surface area (Å²) in [5, 5.41) is 2.90. The van der Waals surface area contributed by atoms with E-state index in [0.717, 1.165) is 11.8 Å². The van der Waals surface area contributed by atoms with Gasteiger partial charge in [0.05, 0.1) is 6.61 Å². The zero-order valence-corrected chi connectivity index (χ0v) is 16.4. The van der Waals surface area contributed by atoms with Crippen LogP contribution in [0.4, 0.5) is 5.69 Å². The monoisotopic (exact) mass is 389 g/mol. The van der Waals surface area contributed by atoms with Crippen LogP contribution in [0.25, 0.3) is 0 Å². The summed E-state index contributed by atoms with van der Waals surface area (Å²) < 4.78 is 11.7. The number of anilines is 1. The molecule has 1 atom stereocenters. The van der Waals surface area contributed by atoms with Gasteiger partial charge in [-0.1, -0.05) is 48.0 Å². The van der Waals surface area contributed by atoms with Gasteiger partial charge in [0.25, 0.3) is 5.91 Å². The van der Waals surface area contributed by atoms with Gasteiger partial charge in [-0.2, -0.15) is 0 Å². The fourth-order valence-electron chi connectivity index (χ4n) is 2.84. The highest BCUT2D eigenvalue weighted by Crippen LogP contribution is 2.33. The van der Waals surface area contributed by atoms with Crippen molar-refractivity contribution in [2.75, 3.05) is 11.9 Å². The Hall–Kier alpha value is -3.60. The molecule has 0 unspecified atom stereocenters. The van der Waals surface area contributed by atoms with Crippen LogP contribution < -0.4 is 14.8 Å². The van der Waals surface area contributed by atoms with Crippen LogP contribution >= 0.6 is 0 Å². The van der Waals surface area contributed by atoms with Gasteiger partial charge >= 0.3 is 0 Å². The number of hydrogen-bond acceptors (Lipinski definition) is 4. The fourth-order valence-corrected chi connectivity index (χ4v) is 2.84. The molecular formula is C24H23NO4. The van der Waals surface area contributed by atoms with Gasteiger partial charge < -0.3 is 14.8 Å². The van der Waals surface area contributed by atoms with Crippen molar-refractivity contribution >= 4 is 17.9 Å². The minimum atomic E-state index is -0.890. The largest absolute Gasteiger partial charge is 0.490 e. The molecule has 1 amide bonds. The minimum Gasteiger partial charge on any atom is -0.490 e. The topological polar surface area (TPSA) is 64.6 Å². The van der Waals surface area contributed by atoms with Gasteiger partial charge in [0.2, 0.25) is 6.10 Å². The predicted octanol–water partition coefficient (Wildman–Crippen LogP) is 4.97. The van der Waals surface area contributed by atoms with Gasteiger partial charge in [-0.3, -0.25) is 9.59 Å². The smallest absolute Gasteiger partial charge is 0.270 e. The third kappa shape index (κ3) is 5.23. The summed E-state index contributed by atoms with van der Waals surface area (Å²) in [6.45, 7) is 4.24. The lowest BCUT2D eigenvalue weighted by Crippen LogP contribution is -2.26. The second kappa shape index (κ2) is 9.55. The summed E-state index contributed by atoms with van der Waals surface area (Å²) >= 11 is 0. The van der Waals surface area contributed by atoms with Crippen molar-refractivity contribution in [2.24, 2.45) is 0 Å². The number of rotatable bonds is 8. The molecule has 0 aliphatic carbocycles. The molecule has 0 saturated carbocycles. The zero-order valence-electron chi connectivity index (χ0n) is 16.4. The second-order valence-corrected chi connectivity index (χ2v) is 6.52. The van der Waals surface area contributed by atoms with E-state index < -0.39 is 6.10 Å². The van der Waals surface area contributed by atoms with Crippen molar-refractivity contribution in [2.45, 2.75) is 20.0 Å². The van der Waals surface area contributed by atoms with Gasteiger partial charge in [-0.05, 0) is 44.2 Å².